The van der Waals surface area contributed by atoms with Gasteiger partial charge in [0.25, 0.3) is 0 Å². The van der Waals surface area contributed by atoms with Crippen molar-refractivity contribution < 1.29 is 0 Å². The molecule has 0 saturated heterocycles. The first-order valence-electron chi connectivity index (χ1n) is 4.56. The Labute approximate surface area is 114 Å². The van der Waals surface area contributed by atoms with Crippen LogP contribution in [0.3, 0.4) is 0 Å². The molecule has 0 aliphatic carbocycles. The summed E-state index contributed by atoms with van der Waals surface area (Å²) in [6.45, 7) is 2.69. The molecule has 3 nitrogen and oxygen atoms in total. The number of hydrogen-bond acceptors (Lipinski definition) is 3. The molecular weight excluding hydrogens is 268 g/mol. The van der Waals surface area contributed by atoms with E-state index in [1.165, 1.54) is 0 Å². The summed E-state index contributed by atoms with van der Waals surface area (Å²) in [5, 5.41) is 5.54. The first-order valence-corrected chi connectivity index (χ1v) is 4.94. The van der Waals surface area contributed by atoms with E-state index >= 15 is 0 Å². The van der Waals surface area contributed by atoms with Crippen LogP contribution in [0.2, 0.25) is 5.02 Å². The molecule has 94 valence electrons. The van der Waals surface area contributed by atoms with Gasteiger partial charge in [-0.1, -0.05) is 23.7 Å². The normalized spacial score (nSPS) is 11.6. The molecule has 0 spiro atoms. The summed E-state index contributed by atoms with van der Waals surface area (Å²) in [6.07, 6.45) is 0.147. The van der Waals surface area contributed by atoms with Crippen molar-refractivity contribution in [1.82, 2.24) is 10.3 Å². The molecule has 0 bridgehead atoms. The third kappa shape index (κ3) is 5.89. The van der Waals surface area contributed by atoms with E-state index in [-0.39, 0.29) is 31.0 Å². The van der Waals surface area contributed by atoms with E-state index in [1.807, 2.05) is 38.2 Å². The van der Waals surface area contributed by atoms with Crippen molar-refractivity contribution in [2.24, 2.45) is 5.84 Å². The van der Waals surface area contributed by atoms with Crippen molar-refractivity contribution in [1.29, 1.82) is 0 Å². The van der Waals surface area contributed by atoms with Crippen LogP contribution >= 0.6 is 36.4 Å². The first kappa shape index (κ1) is 18.3. The molecule has 1 aromatic carbocycles. The van der Waals surface area contributed by atoms with Crippen LogP contribution in [0.25, 0.3) is 0 Å². The summed E-state index contributed by atoms with van der Waals surface area (Å²) in [6, 6.07) is 7.71. The highest BCUT2D eigenvalue weighted by atomic mass is 35.5. The quantitative estimate of drug-likeness (QED) is 0.507. The fourth-order valence-corrected chi connectivity index (χ4v) is 1.36. The molecule has 0 saturated carbocycles. The number of nitrogens with zero attached hydrogens (tertiary/aromatic N) is 1. The van der Waals surface area contributed by atoms with Gasteiger partial charge in [0.2, 0.25) is 0 Å². The van der Waals surface area contributed by atoms with Crippen molar-refractivity contribution in [3.05, 3.63) is 34.9 Å². The molecule has 6 heteroatoms. The highest BCUT2D eigenvalue weighted by Crippen LogP contribution is 2.11. The van der Waals surface area contributed by atoms with Gasteiger partial charge in [-0.3, -0.25) is 5.84 Å². The van der Waals surface area contributed by atoms with Gasteiger partial charge in [-0.15, -0.1) is 24.8 Å². The lowest BCUT2D eigenvalue weighted by molar-refractivity contribution is 0.181. The zero-order valence-corrected chi connectivity index (χ0v) is 11.7. The third-order valence-corrected chi connectivity index (χ3v) is 2.40. The summed E-state index contributed by atoms with van der Waals surface area (Å²) < 4.78 is 0. The van der Waals surface area contributed by atoms with Crippen LogP contribution < -0.4 is 11.2 Å². The molecule has 0 radical (unpaired) electrons. The van der Waals surface area contributed by atoms with E-state index < -0.39 is 0 Å². The minimum Gasteiger partial charge on any atom is -0.304 e. The summed E-state index contributed by atoms with van der Waals surface area (Å²) in [7, 11) is 1.88. The summed E-state index contributed by atoms with van der Waals surface area (Å²) >= 11 is 5.87. The van der Waals surface area contributed by atoms with Crippen LogP contribution in [-0.2, 0) is 6.54 Å². The Balaban J connectivity index is 0. The Morgan fingerprint density at radius 3 is 2.56 bits per heavy atom. The van der Waals surface area contributed by atoms with E-state index in [0.29, 0.717) is 6.54 Å². The predicted octanol–water partition coefficient (Wildman–Crippen LogP) is 2.42. The average molecular weight is 287 g/mol. The second-order valence-corrected chi connectivity index (χ2v) is 3.70. The standard InChI is InChI=1S/C10H16ClN3.2ClH/c1-8(13-2)14(12)7-9-4-3-5-10(11)6-9;;/h3-6,8,13H,7,12H2,1-2H3;2*1H. The molecular formula is C10H18Cl3N3. The van der Waals surface area contributed by atoms with E-state index in [9.17, 15) is 0 Å². The van der Waals surface area contributed by atoms with Gasteiger partial charge in [0, 0.05) is 11.6 Å². The highest BCUT2D eigenvalue weighted by molar-refractivity contribution is 6.30. The maximum Gasteiger partial charge on any atom is 0.0703 e. The fourth-order valence-electron chi connectivity index (χ4n) is 1.15. The zero-order valence-electron chi connectivity index (χ0n) is 9.31. The lowest BCUT2D eigenvalue weighted by Gasteiger charge is -2.23. The number of halogens is 3. The van der Waals surface area contributed by atoms with Crippen molar-refractivity contribution in [3.63, 3.8) is 0 Å². The van der Waals surface area contributed by atoms with Crippen molar-refractivity contribution in [2.75, 3.05) is 7.05 Å². The van der Waals surface area contributed by atoms with E-state index in [2.05, 4.69) is 5.32 Å². The van der Waals surface area contributed by atoms with Gasteiger partial charge in [0.1, 0.15) is 0 Å². The summed E-state index contributed by atoms with van der Waals surface area (Å²) in [5.41, 5.74) is 1.11. The summed E-state index contributed by atoms with van der Waals surface area (Å²) in [4.78, 5) is 0. The van der Waals surface area contributed by atoms with Gasteiger partial charge in [0.05, 0.1) is 6.17 Å². The number of nitrogens with two attached hydrogens (primary N) is 1. The highest BCUT2D eigenvalue weighted by Gasteiger charge is 2.07. The Morgan fingerprint density at radius 2 is 2.06 bits per heavy atom. The molecule has 0 aromatic heterocycles. The number of benzene rings is 1. The van der Waals surface area contributed by atoms with Crippen LogP contribution in [0.1, 0.15) is 12.5 Å². The SMILES string of the molecule is CNC(C)N(N)Cc1cccc(Cl)c1.Cl.Cl. The average Bonchev–Trinajstić information content (AvgIpc) is 2.16. The van der Waals surface area contributed by atoms with Crippen molar-refractivity contribution in [3.8, 4) is 0 Å². The lowest BCUT2D eigenvalue weighted by atomic mass is 10.2. The second kappa shape index (κ2) is 9.05. The number of hydrazine groups is 1. The molecule has 16 heavy (non-hydrogen) atoms. The molecule has 0 heterocycles. The predicted molar refractivity (Wildman–Crippen MR) is 74.2 cm³/mol. The molecule has 1 atom stereocenters. The Morgan fingerprint density at radius 1 is 1.44 bits per heavy atom. The van der Waals surface area contributed by atoms with Crippen molar-refractivity contribution >= 4 is 36.4 Å². The van der Waals surface area contributed by atoms with E-state index in [1.54, 1.807) is 5.01 Å². The topological polar surface area (TPSA) is 41.3 Å². The number of nitrogens with one attached hydrogen (secondary N) is 1. The van der Waals surface area contributed by atoms with Gasteiger partial charge in [-0.2, -0.15) is 0 Å². The van der Waals surface area contributed by atoms with Crippen LogP contribution in [0.5, 0.6) is 0 Å². The first-order chi connectivity index (χ1) is 6.63. The summed E-state index contributed by atoms with van der Waals surface area (Å²) in [5.74, 6) is 5.84. The monoisotopic (exact) mass is 285 g/mol. The molecule has 0 aliphatic rings. The molecule has 1 unspecified atom stereocenters. The van der Waals surface area contributed by atoms with Crippen LogP contribution in [0.15, 0.2) is 24.3 Å². The molecule has 3 N–H and O–H groups in total. The Bertz CT molecular complexity index is 296. The van der Waals surface area contributed by atoms with Crippen molar-refractivity contribution in [2.45, 2.75) is 19.6 Å². The van der Waals surface area contributed by atoms with Crippen LogP contribution in [-0.4, -0.2) is 18.2 Å². The van der Waals surface area contributed by atoms with Gasteiger partial charge in [0.15, 0.2) is 0 Å². The largest absolute Gasteiger partial charge is 0.304 e. The third-order valence-electron chi connectivity index (χ3n) is 2.17. The molecule has 1 rings (SSSR count). The van der Waals surface area contributed by atoms with Gasteiger partial charge in [-0.25, -0.2) is 5.01 Å². The smallest absolute Gasteiger partial charge is 0.0703 e. The lowest BCUT2D eigenvalue weighted by Crippen LogP contribution is -2.45. The zero-order chi connectivity index (χ0) is 10.6. The van der Waals surface area contributed by atoms with Crippen LogP contribution in [0, 0.1) is 0 Å². The number of rotatable bonds is 4. The minimum atomic E-state index is 0. The molecule has 0 fully saturated rings. The van der Waals surface area contributed by atoms with E-state index in [0.717, 1.165) is 10.6 Å². The fraction of sp³-hybridized carbons (Fsp3) is 0.400. The number of hydrogen-bond donors (Lipinski definition) is 2. The minimum absolute atomic E-state index is 0. The molecule has 0 aliphatic heterocycles. The molecule has 1 aromatic rings. The van der Waals surface area contributed by atoms with Gasteiger partial charge in [-0.05, 0) is 31.7 Å². The maximum atomic E-state index is 5.87. The van der Waals surface area contributed by atoms with Crippen LogP contribution in [0.4, 0.5) is 0 Å². The Kier molecular flexibility index (Phi) is 10.4. The van der Waals surface area contributed by atoms with E-state index in [4.69, 9.17) is 17.4 Å². The van der Waals surface area contributed by atoms with Gasteiger partial charge >= 0.3 is 0 Å². The maximum absolute atomic E-state index is 5.87. The second-order valence-electron chi connectivity index (χ2n) is 3.27. The molecule has 0 amide bonds. The van der Waals surface area contributed by atoms with Gasteiger partial charge < -0.3 is 5.32 Å². The Hall–Kier alpha value is -0.0300.